The van der Waals surface area contributed by atoms with E-state index in [1.165, 1.54) is 0 Å². The number of nitrogens with two attached hydrogens (primary N) is 1. The Morgan fingerprint density at radius 3 is 2.29 bits per heavy atom. The number of hydrogen-bond donors (Lipinski definition) is 3. The molecule has 1 aliphatic rings. The van der Waals surface area contributed by atoms with Crippen molar-refractivity contribution in [2.75, 3.05) is 24.1 Å². The van der Waals surface area contributed by atoms with Crippen molar-refractivity contribution in [3.63, 3.8) is 0 Å². The second kappa shape index (κ2) is 11.0. The van der Waals surface area contributed by atoms with E-state index >= 15 is 0 Å². The molecule has 31 heavy (non-hydrogen) atoms. The number of amides is 1. The third-order valence-corrected chi connectivity index (χ3v) is 5.94. The van der Waals surface area contributed by atoms with E-state index in [9.17, 15) is 4.79 Å². The smallest absolute Gasteiger partial charge is 0.225 e. The molecular weight excluding hydrogens is 410 g/mol. The van der Waals surface area contributed by atoms with Gasteiger partial charge in [0.2, 0.25) is 11.9 Å². The number of carbonyl (C=O) groups is 1. The van der Waals surface area contributed by atoms with Crippen LogP contribution in [0, 0.1) is 11.8 Å². The number of halogens is 1. The van der Waals surface area contributed by atoms with Gasteiger partial charge in [-0.25, -0.2) is 4.98 Å². The summed E-state index contributed by atoms with van der Waals surface area (Å²) in [5, 5.41) is 7.36. The highest BCUT2D eigenvalue weighted by molar-refractivity contribution is 5.88. The highest BCUT2D eigenvalue weighted by Gasteiger charge is 2.22. The first-order chi connectivity index (χ1) is 14.7. The van der Waals surface area contributed by atoms with Crippen molar-refractivity contribution in [3.8, 4) is 0 Å². The SMILES string of the molecule is Cl.Nc1nc(NCC2CCC(CNC(=O)Cc3ccccc3)CC2)nc2ccccc12. The molecule has 0 saturated heterocycles. The Hall–Kier alpha value is -2.86. The molecule has 3 aromatic rings. The Morgan fingerprint density at radius 1 is 0.903 bits per heavy atom. The number of carbonyl (C=O) groups excluding carboxylic acids is 1. The molecule has 1 amide bonds. The zero-order chi connectivity index (χ0) is 20.8. The Morgan fingerprint density at radius 2 is 1.55 bits per heavy atom. The number of anilines is 2. The topological polar surface area (TPSA) is 92.9 Å². The van der Waals surface area contributed by atoms with Gasteiger partial charge in [0.15, 0.2) is 0 Å². The molecule has 0 radical (unpaired) electrons. The first-order valence-corrected chi connectivity index (χ1v) is 10.7. The fourth-order valence-corrected chi connectivity index (χ4v) is 4.16. The van der Waals surface area contributed by atoms with Crippen molar-refractivity contribution in [3.05, 3.63) is 60.2 Å². The minimum Gasteiger partial charge on any atom is -0.383 e. The van der Waals surface area contributed by atoms with Crippen LogP contribution in [-0.4, -0.2) is 29.0 Å². The largest absolute Gasteiger partial charge is 0.383 e. The number of rotatable bonds is 7. The predicted octanol–water partition coefficient (Wildman–Crippen LogP) is 4.21. The maximum atomic E-state index is 12.2. The van der Waals surface area contributed by atoms with Gasteiger partial charge >= 0.3 is 0 Å². The summed E-state index contributed by atoms with van der Waals surface area (Å²) in [4.78, 5) is 21.1. The Kier molecular flexibility index (Phi) is 8.06. The zero-order valence-corrected chi connectivity index (χ0v) is 18.4. The first kappa shape index (κ1) is 22.8. The van der Waals surface area contributed by atoms with Crippen molar-refractivity contribution >= 4 is 41.0 Å². The second-order valence-electron chi connectivity index (χ2n) is 8.18. The maximum absolute atomic E-state index is 12.2. The van der Waals surface area contributed by atoms with E-state index in [4.69, 9.17) is 5.73 Å². The third-order valence-electron chi connectivity index (χ3n) is 5.94. The molecule has 0 spiro atoms. The molecule has 1 heterocycles. The molecule has 164 valence electrons. The molecule has 1 fully saturated rings. The standard InChI is InChI=1S/C24H29N5O.ClH/c25-23-20-8-4-5-9-21(20)28-24(29-23)27-16-19-12-10-18(11-13-19)15-26-22(30)14-17-6-2-1-3-7-17;/h1-9,18-19H,10-16H2,(H,26,30)(H3,25,27,28,29);1H. The van der Waals surface area contributed by atoms with Crippen molar-refractivity contribution < 1.29 is 4.79 Å². The van der Waals surface area contributed by atoms with Crippen molar-refractivity contribution in [1.82, 2.24) is 15.3 Å². The molecule has 1 aromatic heterocycles. The van der Waals surface area contributed by atoms with E-state index in [0.29, 0.717) is 30.0 Å². The Bertz CT molecular complexity index is 990. The summed E-state index contributed by atoms with van der Waals surface area (Å²) in [5.74, 6) is 2.38. The molecule has 6 nitrogen and oxygen atoms in total. The summed E-state index contributed by atoms with van der Waals surface area (Å²) in [6, 6.07) is 17.7. The average molecular weight is 440 g/mol. The van der Waals surface area contributed by atoms with E-state index < -0.39 is 0 Å². The highest BCUT2D eigenvalue weighted by Crippen LogP contribution is 2.28. The number of nitrogens with zero attached hydrogens (tertiary/aromatic N) is 2. The highest BCUT2D eigenvalue weighted by atomic mass is 35.5. The fourth-order valence-electron chi connectivity index (χ4n) is 4.16. The van der Waals surface area contributed by atoms with Crippen molar-refractivity contribution in [2.45, 2.75) is 32.1 Å². The summed E-state index contributed by atoms with van der Waals surface area (Å²) in [5.41, 5.74) is 7.98. The third kappa shape index (κ3) is 6.31. The number of nitrogen functional groups attached to an aromatic ring is 1. The molecule has 0 atom stereocenters. The number of benzene rings is 2. The van der Waals surface area contributed by atoms with Crippen LogP contribution in [0.4, 0.5) is 11.8 Å². The predicted molar refractivity (Wildman–Crippen MR) is 128 cm³/mol. The summed E-state index contributed by atoms with van der Waals surface area (Å²) in [6.45, 7) is 1.63. The molecule has 2 aromatic carbocycles. The van der Waals surface area contributed by atoms with Crippen LogP contribution >= 0.6 is 12.4 Å². The quantitative estimate of drug-likeness (QED) is 0.512. The van der Waals surface area contributed by atoms with Gasteiger partial charge < -0.3 is 16.4 Å². The molecule has 7 heteroatoms. The van der Waals surface area contributed by atoms with Crippen LogP contribution in [0.15, 0.2) is 54.6 Å². The lowest BCUT2D eigenvalue weighted by Gasteiger charge is -2.28. The summed E-state index contributed by atoms with van der Waals surface area (Å²) in [6.07, 6.45) is 5.02. The van der Waals surface area contributed by atoms with Gasteiger partial charge in [-0.2, -0.15) is 4.98 Å². The molecule has 0 unspecified atom stereocenters. The van der Waals surface area contributed by atoms with Gasteiger partial charge in [0.25, 0.3) is 0 Å². The van der Waals surface area contributed by atoms with Crippen LogP contribution in [-0.2, 0) is 11.2 Å². The van der Waals surface area contributed by atoms with Crippen molar-refractivity contribution in [1.29, 1.82) is 0 Å². The van der Waals surface area contributed by atoms with Crippen LogP contribution in [0.3, 0.4) is 0 Å². The molecule has 1 saturated carbocycles. The molecular formula is C24H30ClN5O. The van der Waals surface area contributed by atoms with E-state index in [-0.39, 0.29) is 18.3 Å². The molecule has 0 aliphatic heterocycles. The fraction of sp³-hybridized carbons (Fsp3) is 0.375. The van der Waals surface area contributed by atoms with Crippen LogP contribution in [0.5, 0.6) is 0 Å². The van der Waals surface area contributed by atoms with E-state index in [0.717, 1.165) is 55.2 Å². The van der Waals surface area contributed by atoms with Crippen LogP contribution in [0.1, 0.15) is 31.2 Å². The van der Waals surface area contributed by atoms with Crippen LogP contribution in [0.25, 0.3) is 10.9 Å². The zero-order valence-electron chi connectivity index (χ0n) is 17.6. The van der Waals surface area contributed by atoms with Gasteiger partial charge in [-0.3, -0.25) is 4.79 Å². The van der Waals surface area contributed by atoms with E-state index in [2.05, 4.69) is 20.6 Å². The minimum absolute atomic E-state index is 0. The molecule has 0 bridgehead atoms. The van der Waals surface area contributed by atoms with Gasteiger partial charge in [0.05, 0.1) is 11.9 Å². The number of para-hydroxylation sites is 1. The average Bonchev–Trinajstić information content (AvgIpc) is 2.78. The van der Waals surface area contributed by atoms with Crippen LogP contribution in [0.2, 0.25) is 0 Å². The second-order valence-corrected chi connectivity index (χ2v) is 8.18. The minimum atomic E-state index is 0. The lowest BCUT2D eigenvalue weighted by molar-refractivity contribution is -0.120. The van der Waals surface area contributed by atoms with Gasteiger partial charge in [-0.05, 0) is 55.2 Å². The van der Waals surface area contributed by atoms with Gasteiger partial charge in [0.1, 0.15) is 5.82 Å². The molecule has 4 N–H and O–H groups in total. The Balaban J connectivity index is 0.00000272. The lowest BCUT2D eigenvalue weighted by atomic mass is 9.82. The van der Waals surface area contributed by atoms with Crippen molar-refractivity contribution in [2.24, 2.45) is 11.8 Å². The lowest BCUT2D eigenvalue weighted by Crippen LogP contribution is -2.33. The molecule has 4 rings (SSSR count). The van der Waals surface area contributed by atoms with Gasteiger partial charge in [-0.15, -0.1) is 12.4 Å². The first-order valence-electron chi connectivity index (χ1n) is 10.7. The maximum Gasteiger partial charge on any atom is 0.225 e. The monoisotopic (exact) mass is 439 g/mol. The summed E-state index contributed by atoms with van der Waals surface area (Å²) < 4.78 is 0. The Labute approximate surface area is 189 Å². The van der Waals surface area contributed by atoms with E-state index in [1.54, 1.807) is 0 Å². The number of fused-ring (bicyclic) bond motifs is 1. The number of hydrogen-bond acceptors (Lipinski definition) is 5. The normalized spacial score (nSPS) is 18.2. The van der Waals surface area contributed by atoms with Crippen LogP contribution < -0.4 is 16.4 Å². The number of aromatic nitrogens is 2. The van der Waals surface area contributed by atoms with Gasteiger partial charge in [-0.1, -0.05) is 42.5 Å². The van der Waals surface area contributed by atoms with Gasteiger partial charge in [0, 0.05) is 18.5 Å². The molecule has 1 aliphatic carbocycles. The van der Waals surface area contributed by atoms with E-state index in [1.807, 2.05) is 54.6 Å². The summed E-state index contributed by atoms with van der Waals surface area (Å²) in [7, 11) is 0. The number of nitrogens with one attached hydrogen (secondary N) is 2. The summed E-state index contributed by atoms with van der Waals surface area (Å²) >= 11 is 0.